The number of hydrogen-bond donors (Lipinski definition) is 3. The Morgan fingerprint density at radius 3 is 2.45 bits per heavy atom. The molecular weight excluding hydrogens is 472 g/mol. The van der Waals surface area contributed by atoms with Gasteiger partial charge in [0, 0.05) is 25.7 Å². The zero-order valence-corrected chi connectivity index (χ0v) is 20.0. The van der Waals surface area contributed by atoms with Gasteiger partial charge in [-0.3, -0.25) is 14.7 Å². The number of nitrogens with one attached hydrogen (secondary N) is 1. The van der Waals surface area contributed by atoms with E-state index in [1.807, 2.05) is 13.8 Å². The highest BCUT2D eigenvalue weighted by atomic mass is 32.1. The van der Waals surface area contributed by atoms with Crippen LogP contribution in [0.4, 0.5) is 15.2 Å². The summed E-state index contributed by atoms with van der Waals surface area (Å²) in [4.78, 5) is 37.1. The number of carbonyl (C=O) groups excluding carboxylic acids is 1. The van der Waals surface area contributed by atoms with Gasteiger partial charge in [-0.25, -0.2) is 4.98 Å². The standard InChI is InChI=1S/C21H23FN3O6PS/c1-12(2)30-14-7-13(20(26)24-21-23-11-19(22)33-21)8-15(9-14)31-18-6-5-16(32(27,28)29)10-17(18)25(3)4/h5-12H,1-4H3,(H,23,24,26)(H2,27,28,29). The minimum atomic E-state index is -4.45. The van der Waals surface area contributed by atoms with E-state index in [0.717, 1.165) is 6.20 Å². The summed E-state index contributed by atoms with van der Waals surface area (Å²) < 4.78 is 36.6. The molecule has 0 aliphatic carbocycles. The van der Waals surface area contributed by atoms with E-state index in [9.17, 15) is 23.5 Å². The number of thiazole rings is 1. The average Bonchev–Trinajstić information content (AvgIpc) is 3.11. The number of carbonyl (C=O) groups is 1. The van der Waals surface area contributed by atoms with Crippen LogP contribution in [0, 0.1) is 5.13 Å². The van der Waals surface area contributed by atoms with Crippen molar-refractivity contribution in [1.82, 2.24) is 4.98 Å². The molecule has 0 atom stereocenters. The molecule has 9 nitrogen and oxygen atoms in total. The summed E-state index contributed by atoms with van der Waals surface area (Å²) in [6, 6.07) is 8.66. The summed E-state index contributed by atoms with van der Waals surface area (Å²) >= 11 is 0.699. The number of ether oxygens (including phenoxy) is 2. The van der Waals surface area contributed by atoms with Crippen LogP contribution in [0.25, 0.3) is 0 Å². The van der Waals surface area contributed by atoms with Crippen LogP contribution >= 0.6 is 18.9 Å². The minimum absolute atomic E-state index is 0.109. The Kier molecular flexibility index (Phi) is 7.38. The summed E-state index contributed by atoms with van der Waals surface area (Å²) in [5, 5.41) is 1.96. The molecule has 3 N–H and O–H groups in total. The van der Waals surface area contributed by atoms with Gasteiger partial charge < -0.3 is 24.2 Å². The number of hydrogen-bond acceptors (Lipinski definition) is 7. The van der Waals surface area contributed by atoms with E-state index in [0.29, 0.717) is 28.5 Å². The molecule has 0 radical (unpaired) electrons. The SMILES string of the molecule is CC(C)Oc1cc(Oc2ccc(P(=O)(O)O)cc2N(C)C)cc(C(=O)Nc2ncc(F)s2)c1. The van der Waals surface area contributed by atoms with Gasteiger partial charge in [0.2, 0.25) is 0 Å². The first-order valence-electron chi connectivity index (χ1n) is 9.72. The quantitative estimate of drug-likeness (QED) is 0.401. The summed E-state index contributed by atoms with van der Waals surface area (Å²) in [7, 11) is -1.04. The summed E-state index contributed by atoms with van der Waals surface area (Å²) in [6.07, 6.45) is 0.834. The van der Waals surface area contributed by atoms with Gasteiger partial charge in [-0.15, -0.1) is 0 Å². The molecule has 0 unspecified atom stereocenters. The van der Waals surface area contributed by atoms with Crippen molar-refractivity contribution in [3.05, 3.63) is 53.3 Å². The van der Waals surface area contributed by atoms with Gasteiger partial charge in [-0.2, -0.15) is 4.39 Å². The largest absolute Gasteiger partial charge is 0.491 e. The monoisotopic (exact) mass is 495 g/mol. The molecule has 0 saturated heterocycles. The van der Waals surface area contributed by atoms with E-state index in [1.54, 1.807) is 25.1 Å². The van der Waals surface area contributed by atoms with Crippen LogP contribution in [-0.2, 0) is 4.57 Å². The Hall–Kier alpha value is -2.98. The Morgan fingerprint density at radius 1 is 1.18 bits per heavy atom. The van der Waals surface area contributed by atoms with E-state index in [-0.39, 0.29) is 27.9 Å². The maximum Gasteiger partial charge on any atom is 0.356 e. The normalized spacial score (nSPS) is 11.4. The van der Waals surface area contributed by atoms with E-state index in [4.69, 9.17) is 9.47 Å². The molecule has 0 aliphatic heterocycles. The average molecular weight is 495 g/mol. The molecule has 33 heavy (non-hydrogen) atoms. The van der Waals surface area contributed by atoms with Crippen molar-refractivity contribution in [1.29, 1.82) is 0 Å². The Bertz CT molecular complexity index is 1210. The van der Waals surface area contributed by atoms with E-state index in [2.05, 4.69) is 10.3 Å². The molecule has 176 valence electrons. The second kappa shape index (κ2) is 9.88. The topological polar surface area (TPSA) is 121 Å². The lowest BCUT2D eigenvalue weighted by molar-refractivity contribution is 0.102. The highest BCUT2D eigenvalue weighted by molar-refractivity contribution is 7.60. The Balaban J connectivity index is 1.97. The van der Waals surface area contributed by atoms with E-state index < -0.39 is 18.6 Å². The third kappa shape index (κ3) is 6.52. The van der Waals surface area contributed by atoms with Crippen LogP contribution in [0.5, 0.6) is 17.2 Å². The molecule has 1 amide bonds. The Morgan fingerprint density at radius 2 is 1.88 bits per heavy atom. The number of anilines is 2. The van der Waals surface area contributed by atoms with Gasteiger partial charge in [0.15, 0.2) is 16.0 Å². The van der Waals surface area contributed by atoms with Gasteiger partial charge in [-0.05, 0) is 44.2 Å². The zero-order chi connectivity index (χ0) is 24.3. The molecule has 3 rings (SSSR count). The molecule has 0 fully saturated rings. The van der Waals surface area contributed by atoms with Crippen molar-refractivity contribution in [3.8, 4) is 17.2 Å². The number of rotatable bonds is 8. The van der Waals surface area contributed by atoms with Crippen molar-refractivity contribution >= 4 is 41.0 Å². The van der Waals surface area contributed by atoms with Gasteiger partial charge in [0.05, 0.1) is 23.3 Å². The number of nitrogens with zero attached hydrogens (tertiary/aromatic N) is 2. The molecule has 0 aliphatic rings. The fourth-order valence-electron chi connectivity index (χ4n) is 2.83. The molecule has 12 heteroatoms. The third-order valence-electron chi connectivity index (χ3n) is 4.20. The summed E-state index contributed by atoms with van der Waals surface area (Å²) in [5.41, 5.74) is 0.618. The lowest BCUT2D eigenvalue weighted by Gasteiger charge is -2.20. The number of benzene rings is 2. The highest BCUT2D eigenvalue weighted by Crippen LogP contribution is 2.39. The first-order chi connectivity index (χ1) is 15.4. The van der Waals surface area contributed by atoms with Crippen LogP contribution in [-0.4, -0.2) is 40.9 Å². The predicted octanol–water partition coefficient (Wildman–Crippen LogP) is 3.98. The Labute approximate surface area is 194 Å². The van der Waals surface area contributed by atoms with Crippen molar-refractivity contribution in [2.24, 2.45) is 0 Å². The van der Waals surface area contributed by atoms with Gasteiger partial charge >= 0.3 is 7.60 Å². The molecule has 1 heterocycles. The molecule has 1 aromatic heterocycles. The molecule has 0 saturated carbocycles. The second-order valence-electron chi connectivity index (χ2n) is 7.48. The van der Waals surface area contributed by atoms with Crippen molar-refractivity contribution in [3.63, 3.8) is 0 Å². The van der Waals surface area contributed by atoms with Gasteiger partial charge in [0.25, 0.3) is 5.91 Å². The van der Waals surface area contributed by atoms with Crippen LogP contribution in [0.2, 0.25) is 0 Å². The minimum Gasteiger partial charge on any atom is -0.491 e. The highest BCUT2D eigenvalue weighted by Gasteiger charge is 2.21. The third-order valence-corrected chi connectivity index (χ3v) is 5.85. The van der Waals surface area contributed by atoms with E-state index in [1.165, 1.54) is 30.3 Å². The lowest BCUT2D eigenvalue weighted by Crippen LogP contribution is -2.14. The first kappa shape index (κ1) is 24.7. The van der Waals surface area contributed by atoms with Gasteiger partial charge in [-0.1, -0.05) is 11.3 Å². The van der Waals surface area contributed by atoms with Crippen LogP contribution in [0.15, 0.2) is 42.6 Å². The summed E-state index contributed by atoms with van der Waals surface area (Å²) in [5.74, 6) is 0.409. The van der Waals surface area contributed by atoms with E-state index >= 15 is 0 Å². The molecular formula is C21H23FN3O6PS. The second-order valence-corrected chi connectivity index (χ2v) is 10.1. The van der Waals surface area contributed by atoms with Crippen molar-refractivity contribution < 1.29 is 33.0 Å². The maximum atomic E-state index is 13.2. The fourth-order valence-corrected chi connectivity index (χ4v) is 3.93. The number of aromatic nitrogens is 1. The predicted molar refractivity (Wildman–Crippen MR) is 125 cm³/mol. The van der Waals surface area contributed by atoms with Crippen LogP contribution in [0.1, 0.15) is 24.2 Å². The van der Waals surface area contributed by atoms with Crippen LogP contribution in [0.3, 0.4) is 0 Å². The fraction of sp³-hybridized carbons (Fsp3) is 0.238. The van der Waals surface area contributed by atoms with Gasteiger partial charge in [0.1, 0.15) is 11.5 Å². The zero-order valence-electron chi connectivity index (χ0n) is 18.3. The maximum absolute atomic E-state index is 13.2. The number of halogens is 1. The molecule has 0 bridgehead atoms. The molecule has 3 aromatic rings. The molecule has 2 aromatic carbocycles. The van der Waals surface area contributed by atoms with Crippen molar-refractivity contribution in [2.45, 2.75) is 20.0 Å². The first-order valence-corrected chi connectivity index (χ1v) is 12.1. The van der Waals surface area contributed by atoms with Crippen molar-refractivity contribution in [2.75, 3.05) is 24.3 Å². The number of amides is 1. The lowest BCUT2D eigenvalue weighted by atomic mass is 10.2. The smallest absolute Gasteiger partial charge is 0.356 e. The molecule has 0 spiro atoms. The van der Waals surface area contributed by atoms with Crippen LogP contribution < -0.4 is 25.0 Å². The summed E-state index contributed by atoms with van der Waals surface area (Å²) in [6.45, 7) is 3.66.